The summed E-state index contributed by atoms with van der Waals surface area (Å²) in [4.78, 5) is 19.7. The van der Waals surface area contributed by atoms with Crippen molar-refractivity contribution in [2.75, 3.05) is 5.32 Å². The van der Waals surface area contributed by atoms with Crippen LogP contribution in [0.3, 0.4) is 0 Å². The Hall–Kier alpha value is -2.73. The SMILES string of the molecule is NC(=O)c1cccc2c(Nc3ccc(F)c(Cl)c3)ncnc12. The zero-order valence-corrected chi connectivity index (χ0v) is 11.9. The van der Waals surface area contributed by atoms with Crippen LogP contribution >= 0.6 is 11.6 Å². The van der Waals surface area contributed by atoms with Crippen molar-refractivity contribution in [3.05, 3.63) is 59.1 Å². The number of hydrogen-bond donors (Lipinski definition) is 2. The summed E-state index contributed by atoms with van der Waals surface area (Å²) in [6.45, 7) is 0. The standard InChI is InChI=1S/C15H10ClFN4O/c16-11-6-8(4-5-12(11)17)21-15-10-3-1-2-9(14(18)22)13(10)19-7-20-15/h1-7H,(H2,18,22)(H,19,20,21). The van der Waals surface area contributed by atoms with Crippen molar-refractivity contribution in [1.29, 1.82) is 0 Å². The largest absolute Gasteiger partial charge is 0.366 e. The Bertz CT molecular complexity index is 885. The molecule has 110 valence electrons. The number of nitrogens with one attached hydrogen (secondary N) is 1. The second-order valence-electron chi connectivity index (χ2n) is 4.54. The molecule has 0 bridgehead atoms. The summed E-state index contributed by atoms with van der Waals surface area (Å²) in [5.41, 5.74) is 6.66. The molecule has 1 aromatic heterocycles. The zero-order chi connectivity index (χ0) is 15.7. The number of anilines is 2. The fourth-order valence-corrected chi connectivity index (χ4v) is 2.28. The molecule has 1 heterocycles. The quantitative estimate of drug-likeness (QED) is 0.777. The van der Waals surface area contributed by atoms with Gasteiger partial charge in [-0.2, -0.15) is 0 Å². The third-order valence-electron chi connectivity index (χ3n) is 3.11. The molecule has 0 spiro atoms. The highest BCUT2D eigenvalue weighted by atomic mass is 35.5. The molecule has 0 aliphatic heterocycles. The van der Waals surface area contributed by atoms with E-state index in [1.54, 1.807) is 18.2 Å². The van der Waals surface area contributed by atoms with Crippen molar-refractivity contribution in [1.82, 2.24) is 9.97 Å². The number of carbonyl (C=O) groups is 1. The Balaban J connectivity index is 2.09. The number of fused-ring (bicyclic) bond motifs is 1. The molecule has 3 aromatic rings. The number of aromatic nitrogens is 2. The van der Waals surface area contributed by atoms with Crippen molar-refractivity contribution >= 4 is 39.9 Å². The minimum Gasteiger partial charge on any atom is -0.366 e. The Morgan fingerprint density at radius 3 is 2.77 bits per heavy atom. The van der Waals surface area contributed by atoms with Crippen molar-refractivity contribution in [3.8, 4) is 0 Å². The molecule has 0 saturated heterocycles. The third-order valence-corrected chi connectivity index (χ3v) is 3.40. The molecule has 0 aliphatic rings. The van der Waals surface area contributed by atoms with Crippen LogP contribution in [0.2, 0.25) is 5.02 Å². The molecule has 22 heavy (non-hydrogen) atoms. The normalized spacial score (nSPS) is 10.6. The van der Waals surface area contributed by atoms with E-state index in [1.807, 2.05) is 0 Å². The molecule has 0 aliphatic carbocycles. The van der Waals surface area contributed by atoms with Crippen molar-refractivity contribution in [2.24, 2.45) is 5.73 Å². The van der Waals surface area contributed by atoms with Gasteiger partial charge in [-0.25, -0.2) is 14.4 Å². The molecular weight excluding hydrogens is 307 g/mol. The smallest absolute Gasteiger partial charge is 0.250 e. The highest BCUT2D eigenvalue weighted by Gasteiger charge is 2.11. The van der Waals surface area contributed by atoms with Crippen LogP contribution < -0.4 is 11.1 Å². The number of para-hydroxylation sites is 1. The number of nitrogens with zero attached hydrogens (tertiary/aromatic N) is 2. The van der Waals surface area contributed by atoms with E-state index in [1.165, 1.54) is 24.5 Å². The Kier molecular flexibility index (Phi) is 3.60. The summed E-state index contributed by atoms with van der Waals surface area (Å²) in [6.07, 6.45) is 1.32. The summed E-state index contributed by atoms with van der Waals surface area (Å²) in [5.74, 6) is -0.605. The Morgan fingerprint density at radius 1 is 1.23 bits per heavy atom. The van der Waals surface area contributed by atoms with Crippen LogP contribution in [0.25, 0.3) is 10.9 Å². The summed E-state index contributed by atoms with van der Waals surface area (Å²) >= 11 is 5.76. The van der Waals surface area contributed by atoms with E-state index < -0.39 is 11.7 Å². The molecule has 7 heteroatoms. The second kappa shape index (κ2) is 5.57. The first-order valence-corrected chi connectivity index (χ1v) is 6.69. The lowest BCUT2D eigenvalue weighted by Gasteiger charge is -2.10. The van der Waals surface area contributed by atoms with Gasteiger partial charge in [0.05, 0.1) is 16.1 Å². The number of primary amides is 1. The maximum absolute atomic E-state index is 13.2. The molecule has 0 fully saturated rings. The van der Waals surface area contributed by atoms with Crippen LogP contribution in [0.5, 0.6) is 0 Å². The first kappa shape index (κ1) is 14.2. The second-order valence-corrected chi connectivity index (χ2v) is 4.95. The molecule has 0 saturated carbocycles. The number of nitrogens with two attached hydrogens (primary N) is 1. The van der Waals surface area contributed by atoms with Crippen LogP contribution in [0, 0.1) is 5.82 Å². The lowest BCUT2D eigenvalue weighted by Crippen LogP contribution is -2.12. The van der Waals surface area contributed by atoms with E-state index in [-0.39, 0.29) is 5.02 Å². The maximum Gasteiger partial charge on any atom is 0.250 e. The van der Waals surface area contributed by atoms with Gasteiger partial charge in [-0.1, -0.05) is 17.7 Å². The summed E-state index contributed by atoms with van der Waals surface area (Å²) in [5, 5.41) is 3.65. The van der Waals surface area contributed by atoms with Crippen molar-refractivity contribution in [2.45, 2.75) is 0 Å². The van der Waals surface area contributed by atoms with Gasteiger partial charge in [0.15, 0.2) is 0 Å². The number of hydrogen-bond acceptors (Lipinski definition) is 4. The maximum atomic E-state index is 13.2. The van der Waals surface area contributed by atoms with Gasteiger partial charge < -0.3 is 11.1 Å². The zero-order valence-electron chi connectivity index (χ0n) is 11.2. The lowest BCUT2D eigenvalue weighted by molar-refractivity contribution is 0.100. The van der Waals surface area contributed by atoms with Gasteiger partial charge in [-0.3, -0.25) is 4.79 Å². The fraction of sp³-hybridized carbons (Fsp3) is 0. The van der Waals surface area contributed by atoms with Crippen LogP contribution in [-0.4, -0.2) is 15.9 Å². The average molecular weight is 317 g/mol. The summed E-state index contributed by atoms with van der Waals surface area (Å²) in [6, 6.07) is 9.28. The number of carbonyl (C=O) groups excluding carboxylic acids is 1. The van der Waals surface area contributed by atoms with Crippen LogP contribution in [0.4, 0.5) is 15.9 Å². The first-order valence-electron chi connectivity index (χ1n) is 6.32. The Labute approximate surface area is 129 Å². The lowest BCUT2D eigenvalue weighted by atomic mass is 10.1. The van der Waals surface area contributed by atoms with Gasteiger partial charge in [0.1, 0.15) is 18.0 Å². The van der Waals surface area contributed by atoms with Gasteiger partial charge in [0.25, 0.3) is 5.91 Å². The first-order chi connectivity index (χ1) is 10.6. The van der Waals surface area contributed by atoms with E-state index in [9.17, 15) is 9.18 Å². The molecule has 5 nitrogen and oxygen atoms in total. The number of rotatable bonds is 3. The van der Waals surface area contributed by atoms with Crippen LogP contribution in [-0.2, 0) is 0 Å². The highest BCUT2D eigenvalue weighted by molar-refractivity contribution is 6.31. The molecule has 0 unspecified atom stereocenters. The summed E-state index contributed by atoms with van der Waals surface area (Å²) in [7, 11) is 0. The number of benzene rings is 2. The van der Waals surface area contributed by atoms with Gasteiger partial charge in [-0.15, -0.1) is 0 Å². The van der Waals surface area contributed by atoms with Gasteiger partial charge in [-0.05, 0) is 30.3 Å². The minimum atomic E-state index is -0.569. The average Bonchev–Trinajstić information content (AvgIpc) is 2.50. The highest BCUT2D eigenvalue weighted by Crippen LogP contribution is 2.27. The van der Waals surface area contributed by atoms with Crippen LogP contribution in [0.15, 0.2) is 42.7 Å². The molecular formula is C15H10ClFN4O. The molecule has 0 atom stereocenters. The number of amides is 1. The van der Waals surface area contributed by atoms with E-state index in [2.05, 4.69) is 15.3 Å². The minimum absolute atomic E-state index is 0.00110. The predicted octanol–water partition coefficient (Wildman–Crippen LogP) is 3.26. The molecule has 2 aromatic carbocycles. The fourth-order valence-electron chi connectivity index (χ4n) is 2.10. The Morgan fingerprint density at radius 2 is 2.05 bits per heavy atom. The van der Waals surface area contributed by atoms with Crippen molar-refractivity contribution < 1.29 is 9.18 Å². The molecule has 1 amide bonds. The van der Waals surface area contributed by atoms with Gasteiger partial charge >= 0.3 is 0 Å². The van der Waals surface area contributed by atoms with E-state index in [0.29, 0.717) is 28.0 Å². The van der Waals surface area contributed by atoms with E-state index >= 15 is 0 Å². The monoisotopic (exact) mass is 316 g/mol. The predicted molar refractivity (Wildman–Crippen MR) is 82.7 cm³/mol. The van der Waals surface area contributed by atoms with E-state index in [0.717, 1.165) is 0 Å². The molecule has 3 rings (SSSR count). The molecule has 3 N–H and O–H groups in total. The topological polar surface area (TPSA) is 80.9 Å². The number of halogens is 2. The van der Waals surface area contributed by atoms with E-state index in [4.69, 9.17) is 17.3 Å². The van der Waals surface area contributed by atoms with Gasteiger partial charge in [0, 0.05) is 11.1 Å². The van der Waals surface area contributed by atoms with Crippen LogP contribution in [0.1, 0.15) is 10.4 Å². The van der Waals surface area contributed by atoms with Gasteiger partial charge in [0.2, 0.25) is 0 Å². The molecule has 0 radical (unpaired) electrons. The third kappa shape index (κ3) is 2.56. The summed E-state index contributed by atoms with van der Waals surface area (Å²) < 4.78 is 13.2. The van der Waals surface area contributed by atoms with Crippen molar-refractivity contribution in [3.63, 3.8) is 0 Å².